The second kappa shape index (κ2) is 6.72. The molecule has 0 unspecified atom stereocenters. The Morgan fingerprint density at radius 2 is 1.75 bits per heavy atom. The third-order valence-corrected chi connectivity index (χ3v) is 2.74. The van der Waals surface area contributed by atoms with Crippen molar-refractivity contribution in [3.05, 3.63) is 36.2 Å². The standard InChI is InChI=1S/C14H17N3O3/c1-18-8-7-10-3-5-11(6-4-10)20-14-12(15)13(19-2)16-9-17-14/h3-6,9H,7-8,15H2,1-2H3. The molecule has 0 bridgehead atoms. The molecule has 2 N–H and O–H groups in total. The van der Waals surface area contributed by atoms with E-state index in [-0.39, 0.29) is 11.6 Å². The summed E-state index contributed by atoms with van der Waals surface area (Å²) in [5.74, 6) is 1.23. The van der Waals surface area contributed by atoms with Crippen LogP contribution in [0.2, 0.25) is 0 Å². The molecule has 0 amide bonds. The minimum Gasteiger partial charge on any atom is -0.479 e. The second-order valence-electron chi connectivity index (χ2n) is 4.09. The molecule has 0 aliphatic rings. The molecule has 20 heavy (non-hydrogen) atoms. The molecule has 0 atom stereocenters. The maximum Gasteiger partial charge on any atom is 0.249 e. The minimum atomic E-state index is 0.276. The Labute approximate surface area is 117 Å². The Bertz CT molecular complexity index is 558. The number of nitrogens with two attached hydrogens (primary N) is 1. The minimum absolute atomic E-state index is 0.276. The second-order valence-corrected chi connectivity index (χ2v) is 4.09. The Morgan fingerprint density at radius 1 is 1.05 bits per heavy atom. The first-order chi connectivity index (χ1) is 9.74. The predicted octanol–water partition coefficient (Wildman–Crippen LogP) is 2.05. The van der Waals surface area contributed by atoms with Gasteiger partial charge in [0.2, 0.25) is 11.8 Å². The molecular formula is C14H17N3O3. The van der Waals surface area contributed by atoms with Crippen molar-refractivity contribution in [2.45, 2.75) is 6.42 Å². The lowest BCUT2D eigenvalue weighted by atomic mass is 10.1. The summed E-state index contributed by atoms with van der Waals surface area (Å²) in [5, 5.41) is 0. The van der Waals surface area contributed by atoms with Gasteiger partial charge in [0, 0.05) is 7.11 Å². The van der Waals surface area contributed by atoms with Crippen LogP contribution in [0.15, 0.2) is 30.6 Å². The van der Waals surface area contributed by atoms with Crippen molar-refractivity contribution in [3.8, 4) is 17.5 Å². The first kappa shape index (κ1) is 14.1. The molecule has 2 rings (SSSR count). The first-order valence-electron chi connectivity index (χ1n) is 6.14. The van der Waals surface area contributed by atoms with Crippen molar-refractivity contribution in [2.75, 3.05) is 26.6 Å². The SMILES string of the molecule is COCCc1ccc(Oc2ncnc(OC)c2N)cc1. The maximum absolute atomic E-state index is 5.85. The van der Waals surface area contributed by atoms with Crippen molar-refractivity contribution in [1.29, 1.82) is 0 Å². The zero-order valence-corrected chi connectivity index (χ0v) is 11.5. The van der Waals surface area contributed by atoms with E-state index in [9.17, 15) is 0 Å². The van der Waals surface area contributed by atoms with Crippen LogP contribution in [0, 0.1) is 0 Å². The summed E-state index contributed by atoms with van der Waals surface area (Å²) >= 11 is 0. The Morgan fingerprint density at radius 3 is 2.40 bits per heavy atom. The van der Waals surface area contributed by atoms with Gasteiger partial charge in [-0.15, -0.1) is 0 Å². The van der Waals surface area contributed by atoms with Gasteiger partial charge in [-0.05, 0) is 24.1 Å². The number of anilines is 1. The lowest BCUT2D eigenvalue weighted by Gasteiger charge is -2.09. The number of nitrogens with zero attached hydrogens (tertiary/aromatic N) is 2. The van der Waals surface area contributed by atoms with Crippen LogP contribution in [0.3, 0.4) is 0 Å². The van der Waals surface area contributed by atoms with Crippen LogP contribution >= 0.6 is 0 Å². The van der Waals surface area contributed by atoms with E-state index >= 15 is 0 Å². The molecular weight excluding hydrogens is 258 g/mol. The van der Waals surface area contributed by atoms with E-state index in [0.717, 1.165) is 6.42 Å². The summed E-state index contributed by atoms with van der Waals surface area (Å²) in [4.78, 5) is 7.89. The van der Waals surface area contributed by atoms with Crippen LogP contribution in [-0.2, 0) is 11.2 Å². The topological polar surface area (TPSA) is 79.5 Å². The Hall–Kier alpha value is -2.34. The van der Waals surface area contributed by atoms with Crippen molar-refractivity contribution >= 4 is 5.69 Å². The van der Waals surface area contributed by atoms with Crippen LogP contribution in [0.1, 0.15) is 5.56 Å². The van der Waals surface area contributed by atoms with Gasteiger partial charge in [-0.2, -0.15) is 9.97 Å². The fourth-order valence-corrected chi connectivity index (χ4v) is 1.66. The molecule has 2 aromatic rings. The van der Waals surface area contributed by atoms with Crippen molar-refractivity contribution in [3.63, 3.8) is 0 Å². The van der Waals surface area contributed by atoms with Gasteiger partial charge in [-0.3, -0.25) is 0 Å². The molecule has 0 aliphatic heterocycles. The summed E-state index contributed by atoms with van der Waals surface area (Å²) in [6.45, 7) is 0.691. The fraction of sp³-hybridized carbons (Fsp3) is 0.286. The summed E-state index contributed by atoms with van der Waals surface area (Å²) in [7, 11) is 3.18. The predicted molar refractivity (Wildman–Crippen MR) is 75.1 cm³/mol. The van der Waals surface area contributed by atoms with Gasteiger partial charge in [0.05, 0.1) is 13.7 Å². The zero-order chi connectivity index (χ0) is 14.4. The van der Waals surface area contributed by atoms with Gasteiger partial charge in [-0.25, -0.2) is 0 Å². The van der Waals surface area contributed by atoms with Gasteiger partial charge in [0.1, 0.15) is 12.1 Å². The molecule has 0 saturated carbocycles. The molecule has 1 heterocycles. The highest BCUT2D eigenvalue weighted by Gasteiger charge is 2.10. The number of ether oxygens (including phenoxy) is 3. The Balaban J connectivity index is 2.10. The highest BCUT2D eigenvalue weighted by atomic mass is 16.5. The molecule has 106 valence electrons. The highest BCUT2D eigenvalue weighted by Crippen LogP contribution is 2.30. The van der Waals surface area contributed by atoms with Crippen LogP contribution < -0.4 is 15.2 Å². The number of methoxy groups -OCH3 is 2. The van der Waals surface area contributed by atoms with E-state index in [1.54, 1.807) is 7.11 Å². The van der Waals surface area contributed by atoms with Gasteiger partial charge >= 0.3 is 0 Å². The molecule has 1 aromatic carbocycles. The number of rotatable bonds is 6. The highest BCUT2D eigenvalue weighted by molar-refractivity contribution is 5.56. The monoisotopic (exact) mass is 275 g/mol. The van der Waals surface area contributed by atoms with Crippen LogP contribution in [0.4, 0.5) is 5.69 Å². The van der Waals surface area contributed by atoms with E-state index in [0.29, 0.717) is 18.2 Å². The van der Waals surface area contributed by atoms with Crippen molar-refractivity contribution in [2.24, 2.45) is 0 Å². The molecule has 0 spiro atoms. The zero-order valence-electron chi connectivity index (χ0n) is 11.5. The van der Waals surface area contributed by atoms with Gasteiger partial charge in [0.25, 0.3) is 0 Å². The summed E-state index contributed by atoms with van der Waals surface area (Å²) in [6.07, 6.45) is 2.21. The quantitative estimate of drug-likeness (QED) is 0.869. The summed E-state index contributed by atoms with van der Waals surface area (Å²) in [6, 6.07) is 7.67. The van der Waals surface area contributed by atoms with Gasteiger partial charge < -0.3 is 19.9 Å². The van der Waals surface area contributed by atoms with Crippen molar-refractivity contribution in [1.82, 2.24) is 9.97 Å². The Kier molecular flexibility index (Phi) is 4.73. The van der Waals surface area contributed by atoms with Gasteiger partial charge in [-0.1, -0.05) is 12.1 Å². The van der Waals surface area contributed by atoms with Gasteiger partial charge in [0.15, 0.2) is 5.69 Å². The summed E-state index contributed by atoms with van der Waals surface area (Å²) in [5.41, 5.74) is 7.30. The first-order valence-corrected chi connectivity index (χ1v) is 6.14. The number of hydrogen-bond acceptors (Lipinski definition) is 6. The fourth-order valence-electron chi connectivity index (χ4n) is 1.66. The number of nitrogen functional groups attached to an aromatic ring is 1. The lowest BCUT2D eigenvalue weighted by Crippen LogP contribution is -2.00. The van der Waals surface area contributed by atoms with E-state index in [4.69, 9.17) is 19.9 Å². The van der Waals surface area contributed by atoms with Crippen LogP contribution in [0.5, 0.6) is 17.5 Å². The molecule has 0 aliphatic carbocycles. The molecule has 6 nitrogen and oxygen atoms in total. The third kappa shape index (κ3) is 3.36. The molecule has 0 saturated heterocycles. The normalized spacial score (nSPS) is 10.3. The van der Waals surface area contributed by atoms with E-state index in [1.165, 1.54) is 19.0 Å². The van der Waals surface area contributed by atoms with Crippen LogP contribution in [0.25, 0.3) is 0 Å². The number of aromatic nitrogens is 2. The van der Waals surface area contributed by atoms with Crippen molar-refractivity contribution < 1.29 is 14.2 Å². The molecule has 1 aromatic heterocycles. The van der Waals surface area contributed by atoms with E-state index in [1.807, 2.05) is 24.3 Å². The third-order valence-electron chi connectivity index (χ3n) is 2.74. The smallest absolute Gasteiger partial charge is 0.249 e. The number of benzene rings is 1. The van der Waals surface area contributed by atoms with E-state index < -0.39 is 0 Å². The molecule has 0 fully saturated rings. The lowest BCUT2D eigenvalue weighted by molar-refractivity contribution is 0.202. The maximum atomic E-state index is 5.85. The summed E-state index contributed by atoms with van der Waals surface area (Å²) < 4.78 is 15.7. The average Bonchev–Trinajstić information content (AvgIpc) is 2.48. The van der Waals surface area contributed by atoms with Crippen LogP contribution in [-0.4, -0.2) is 30.8 Å². The molecule has 6 heteroatoms. The molecule has 0 radical (unpaired) electrons. The largest absolute Gasteiger partial charge is 0.479 e. The van der Waals surface area contributed by atoms with E-state index in [2.05, 4.69) is 9.97 Å². The number of hydrogen-bond donors (Lipinski definition) is 1. The average molecular weight is 275 g/mol.